The Labute approximate surface area is 204 Å². The van der Waals surface area contributed by atoms with Crippen LogP contribution < -0.4 is 5.32 Å². The molecule has 0 bridgehead atoms. The van der Waals surface area contributed by atoms with Crippen molar-refractivity contribution in [1.82, 2.24) is 10.2 Å². The molecule has 1 heterocycles. The lowest BCUT2D eigenvalue weighted by Crippen LogP contribution is -2.62. The van der Waals surface area contributed by atoms with Crippen molar-refractivity contribution >= 4 is 43.6 Å². The van der Waals surface area contributed by atoms with Crippen LogP contribution in [0.3, 0.4) is 0 Å². The Morgan fingerprint density at radius 3 is 2.50 bits per heavy atom. The minimum atomic E-state index is -2.14. The normalized spacial score (nSPS) is 23.6. The largest absolute Gasteiger partial charge is 0.463 e. The van der Waals surface area contributed by atoms with Gasteiger partial charge in [-0.05, 0) is 37.9 Å². The molecule has 1 aromatic rings. The van der Waals surface area contributed by atoms with Crippen LogP contribution in [0.25, 0.3) is 0 Å². The summed E-state index contributed by atoms with van der Waals surface area (Å²) in [5.41, 5.74) is -1.72. The summed E-state index contributed by atoms with van der Waals surface area (Å²) in [5, 5.41) is 23.6. The van der Waals surface area contributed by atoms with E-state index < -0.39 is 30.5 Å². The summed E-state index contributed by atoms with van der Waals surface area (Å²) in [6, 6.07) is 4.32. The second kappa shape index (κ2) is 8.62. The molecule has 3 rings (SSSR count). The number of halogens is 1. The lowest BCUT2D eigenvalue weighted by Gasteiger charge is -2.44. The lowest BCUT2D eigenvalue weighted by molar-refractivity contribution is -0.384. The fourth-order valence-corrected chi connectivity index (χ4v) is 5.94. The number of rotatable bonds is 6. The van der Waals surface area contributed by atoms with Gasteiger partial charge >= 0.3 is 6.09 Å². The maximum atomic E-state index is 13.4. The van der Waals surface area contributed by atoms with E-state index in [9.17, 15) is 24.8 Å². The number of hydrogen-bond acceptors (Lipinski definition) is 5. The molecule has 2 amide bonds. The van der Waals surface area contributed by atoms with Crippen LogP contribution in [0.15, 0.2) is 23.2 Å². The van der Waals surface area contributed by atoms with Crippen molar-refractivity contribution in [2.45, 2.75) is 76.2 Å². The van der Waals surface area contributed by atoms with Crippen LogP contribution in [0.1, 0.15) is 52.5 Å². The first-order valence-electron chi connectivity index (χ1n) is 11.0. The highest BCUT2D eigenvalue weighted by Gasteiger charge is 2.54. The van der Waals surface area contributed by atoms with Crippen molar-refractivity contribution < 1.29 is 24.0 Å². The Hall–Kier alpha value is -2.50. The fraction of sp³-hybridized carbons (Fsp3) is 0.591. The predicted octanol–water partition coefficient (Wildman–Crippen LogP) is 4.87. The third kappa shape index (κ3) is 5.11. The van der Waals surface area contributed by atoms with E-state index in [1.165, 1.54) is 17.0 Å². The minimum absolute atomic E-state index is 0.0257. The van der Waals surface area contributed by atoms with Crippen molar-refractivity contribution in [2.24, 2.45) is 4.99 Å². The van der Waals surface area contributed by atoms with Crippen LogP contribution in [-0.4, -0.2) is 53.4 Å². The van der Waals surface area contributed by atoms with Gasteiger partial charge in [0.05, 0.1) is 29.0 Å². The van der Waals surface area contributed by atoms with Gasteiger partial charge < -0.3 is 14.8 Å². The lowest BCUT2D eigenvalue weighted by atomic mass is 9.86. The summed E-state index contributed by atoms with van der Waals surface area (Å²) in [6.45, 7) is 12.5. The summed E-state index contributed by atoms with van der Waals surface area (Å²) in [5.74, 6) is -0.507. The molecule has 1 saturated carbocycles. The molecule has 0 radical (unpaired) electrons. The molecule has 12 heteroatoms. The number of nitro benzene ring substituents is 1. The van der Waals surface area contributed by atoms with Crippen LogP contribution in [0, 0.1) is 10.1 Å². The van der Waals surface area contributed by atoms with Crippen molar-refractivity contribution in [3.63, 3.8) is 0 Å². The molecule has 2 aliphatic rings. The minimum Gasteiger partial charge on any atom is -0.463 e. The number of nitrogens with zero attached hydrogens (tertiary/aromatic N) is 3. The summed E-state index contributed by atoms with van der Waals surface area (Å²) >= 11 is 6.32. The number of carboxylic acid groups (broad SMARTS) is 1. The van der Waals surface area contributed by atoms with Gasteiger partial charge in [-0.15, -0.1) is 4.99 Å². The highest BCUT2D eigenvalue weighted by atomic mass is 35.5. The Morgan fingerprint density at radius 1 is 1.38 bits per heavy atom. The molecule has 0 unspecified atom stereocenters. The van der Waals surface area contributed by atoms with Gasteiger partial charge in [-0.1, -0.05) is 44.5 Å². The number of benzene rings is 1. The van der Waals surface area contributed by atoms with Crippen molar-refractivity contribution in [2.75, 3.05) is 6.54 Å². The van der Waals surface area contributed by atoms with Crippen molar-refractivity contribution in [3.05, 3.63) is 38.9 Å². The van der Waals surface area contributed by atoms with E-state index >= 15 is 0 Å². The second-order valence-electron chi connectivity index (χ2n) is 10.8. The van der Waals surface area contributed by atoms with Crippen LogP contribution in [-0.2, 0) is 14.8 Å². The standard InChI is InChI=1S/C22H31ClN4O6Si/c1-20(2,3)34(5,6)33-22(10-11-22)13-26-16(28)12-21(4,25-18(26)24-19(29)30)14-8-7-9-15(17(14)23)27(31)32/h7-9H,10-13H2,1-6H3,(H,24,25)(H,29,30)/t21-/m0/s1. The Bertz CT molecular complexity index is 1070. The Kier molecular flexibility index (Phi) is 6.62. The van der Waals surface area contributed by atoms with Crippen LogP contribution in [0.4, 0.5) is 10.5 Å². The molecule has 10 nitrogen and oxygen atoms in total. The summed E-state index contributed by atoms with van der Waals surface area (Å²) in [4.78, 5) is 40.6. The van der Waals surface area contributed by atoms with Crippen LogP contribution >= 0.6 is 11.6 Å². The number of carbonyl (C=O) groups excluding carboxylic acids is 1. The molecule has 1 saturated heterocycles. The molecule has 1 aliphatic carbocycles. The molecule has 2 N–H and O–H groups in total. The first kappa shape index (κ1) is 26.1. The molecular weight excluding hydrogens is 480 g/mol. The monoisotopic (exact) mass is 510 g/mol. The maximum absolute atomic E-state index is 13.4. The molecule has 1 aliphatic heterocycles. The summed E-state index contributed by atoms with van der Waals surface area (Å²) in [6.07, 6.45) is -0.0392. The van der Waals surface area contributed by atoms with E-state index in [4.69, 9.17) is 16.0 Å². The highest BCUT2D eigenvalue weighted by molar-refractivity contribution is 6.74. The van der Waals surface area contributed by atoms with Gasteiger partial charge in [-0.3, -0.25) is 19.8 Å². The predicted molar refractivity (Wildman–Crippen MR) is 131 cm³/mol. The topological polar surface area (TPSA) is 134 Å². The van der Waals surface area contributed by atoms with Gasteiger partial charge in [0.1, 0.15) is 5.02 Å². The number of hydrogen-bond donors (Lipinski definition) is 2. The quantitative estimate of drug-likeness (QED) is 0.316. The van der Waals surface area contributed by atoms with Crippen LogP contribution in [0.2, 0.25) is 23.2 Å². The fourth-order valence-electron chi connectivity index (χ4n) is 3.88. The Balaban J connectivity index is 1.94. The molecule has 1 aromatic carbocycles. The Morgan fingerprint density at radius 2 is 2.00 bits per heavy atom. The van der Waals surface area contributed by atoms with Crippen molar-refractivity contribution in [3.8, 4) is 0 Å². The maximum Gasteiger partial charge on any atom is 0.434 e. The van der Waals surface area contributed by atoms with Gasteiger partial charge in [0.25, 0.3) is 5.69 Å². The van der Waals surface area contributed by atoms with Gasteiger partial charge in [0.15, 0.2) is 8.32 Å². The van der Waals surface area contributed by atoms with Crippen LogP contribution in [0.5, 0.6) is 0 Å². The smallest absolute Gasteiger partial charge is 0.434 e. The molecule has 0 aromatic heterocycles. The van der Waals surface area contributed by atoms with Gasteiger partial charge in [0, 0.05) is 11.6 Å². The summed E-state index contributed by atoms with van der Waals surface area (Å²) < 4.78 is 6.62. The molecule has 2 fully saturated rings. The van der Waals surface area contributed by atoms with Crippen molar-refractivity contribution in [1.29, 1.82) is 0 Å². The zero-order chi connectivity index (χ0) is 25.7. The third-order valence-electron chi connectivity index (χ3n) is 6.95. The van der Waals surface area contributed by atoms with Gasteiger partial charge in [-0.25, -0.2) is 4.79 Å². The number of guanidine groups is 1. The van der Waals surface area contributed by atoms with E-state index in [0.29, 0.717) is 5.56 Å². The SMILES string of the molecule is CC(C)(C)[Si](C)(C)OC1(CN2C(=O)C[C@@](C)(c3cccc([N+](=O)[O-])c3Cl)N/C2=N/C(=O)O)CC1. The number of aliphatic imine (C=N–C) groups is 1. The highest BCUT2D eigenvalue weighted by Crippen LogP contribution is 2.48. The van der Waals surface area contributed by atoms with E-state index in [1.807, 2.05) is 0 Å². The van der Waals surface area contributed by atoms with E-state index in [1.54, 1.807) is 13.0 Å². The first-order chi connectivity index (χ1) is 15.5. The van der Waals surface area contributed by atoms with Gasteiger partial charge in [0.2, 0.25) is 11.9 Å². The molecule has 1 atom stereocenters. The van der Waals surface area contributed by atoms with Gasteiger partial charge in [-0.2, -0.15) is 0 Å². The number of amides is 2. The second-order valence-corrected chi connectivity index (χ2v) is 15.9. The third-order valence-corrected chi connectivity index (χ3v) is 11.9. The first-order valence-corrected chi connectivity index (χ1v) is 14.3. The summed E-state index contributed by atoms with van der Waals surface area (Å²) in [7, 11) is -2.14. The molecule has 186 valence electrons. The molecular formula is C22H31ClN4O6Si. The molecule has 0 spiro atoms. The van der Waals surface area contributed by atoms with E-state index in [0.717, 1.165) is 12.8 Å². The molecule has 34 heavy (non-hydrogen) atoms. The average molecular weight is 511 g/mol. The zero-order valence-electron chi connectivity index (χ0n) is 20.3. The van der Waals surface area contributed by atoms with E-state index in [2.05, 4.69) is 44.2 Å². The zero-order valence-corrected chi connectivity index (χ0v) is 22.0. The average Bonchev–Trinajstić information content (AvgIpc) is 3.41. The number of nitro groups is 1. The van der Waals surface area contributed by atoms with E-state index in [-0.39, 0.29) is 40.6 Å². The number of carbonyl (C=O) groups is 2. The number of nitrogens with one attached hydrogen (secondary N) is 1.